The van der Waals surface area contributed by atoms with E-state index in [2.05, 4.69) is 11.1 Å². The Bertz CT molecular complexity index is 807. The lowest BCUT2D eigenvalue weighted by molar-refractivity contribution is -0.116. The summed E-state index contributed by atoms with van der Waals surface area (Å²) in [6, 6.07) is 6.02. The normalized spacial score (nSPS) is 13.8. The molecule has 0 saturated heterocycles. The van der Waals surface area contributed by atoms with Gasteiger partial charge in [0.1, 0.15) is 0 Å². The third-order valence-corrected chi connectivity index (χ3v) is 5.24. The second kappa shape index (κ2) is 7.09. The Morgan fingerprint density at radius 1 is 1.21 bits per heavy atom. The number of aromatic nitrogens is 1. The summed E-state index contributed by atoms with van der Waals surface area (Å²) in [5.74, 6) is -0.0807. The van der Waals surface area contributed by atoms with E-state index in [0.29, 0.717) is 10.8 Å². The molecule has 1 aliphatic carbocycles. The molecule has 0 N–H and O–H groups in total. The topological polar surface area (TPSA) is 50.3 Å². The number of rotatable bonds is 4. The van der Waals surface area contributed by atoms with Crippen LogP contribution in [0, 0.1) is 0 Å². The van der Waals surface area contributed by atoms with Crippen molar-refractivity contribution in [3.05, 3.63) is 52.0 Å². The summed E-state index contributed by atoms with van der Waals surface area (Å²) in [6.45, 7) is 1.50. The second-order valence-corrected chi connectivity index (χ2v) is 6.86. The van der Waals surface area contributed by atoms with Crippen LogP contribution in [-0.4, -0.2) is 23.7 Å². The van der Waals surface area contributed by atoms with Crippen LogP contribution in [0.25, 0.3) is 6.08 Å². The van der Waals surface area contributed by atoms with Crippen LogP contribution in [0.15, 0.2) is 29.7 Å². The molecule has 5 heteroatoms. The quantitative estimate of drug-likeness (QED) is 0.626. The summed E-state index contributed by atoms with van der Waals surface area (Å²) in [4.78, 5) is 29.6. The van der Waals surface area contributed by atoms with E-state index in [1.807, 2.05) is 17.5 Å². The molecule has 0 saturated carbocycles. The number of amides is 1. The number of allylic oxidation sites excluding steroid dienone is 1. The number of nitrogens with zero attached hydrogens (tertiary/aromatic N) is 2. The van der Waals surface area contributed by atoms with Crippen LogP contribution in [-0.2, 0) is 17.6 Å². The van der Waals surface area contributed by atoms with Crippen molar-refractivity contribution in [3.63, 3.8) is 0 Å². The molecule has 0 fully saturated rings. The molecule has 0 unspecified atom stereocenters. The molecule has 1 aromatic carbocycles. The van der Waals surface area contributed by atoms with E-state index >= 15 is 0 Å². The Balaban J connectivity index is 1.72. The van der Waals surface area contributed by atoms with Crippen LogP contribution >= 0.6 is 11.3 Å². The molecule has 0 atom stereocenters. The maximum Gasteiger partial charge on any atom is 0.225 e. The van der Waals surface area contributed by atoms with Crippen molar-refractivity contribution < 1.29 is 9.59 Å². The lowest BCUT2D eigenvalue weighted by Gasteiger charge is -2.15. The van der Waals surface area contributed by atoms with E-state index in [4.69, 9.17) is 0 Å². The monoisotopic (exact) mass is 340 g/mol. The number of hydrogen-bond acceptors (Lipinski definition) is 4. The first-order valence-electron chi connectivity index (χ1n) is 8.08. The zero-order valence-electron chi connectivity index (χ0n) is 13.9. The second-order valence-electron chi connectivity index (χ2n) is 6.02. The molecule has 124 valence electrons. The van der Waals surface area contributed by atoms with Gasteiger partial charge in [0, 0.05) is 24.9 Å². The van der Waals surface area contributed by atoms with Crippen LogP contribution in [0.5, 0.6) is 0 Å². The molecular weight excluding hydrogens is 320 g/mol. The molecular formula is C19H20N2O2S. The van der Waals surface area contributed by atoms with Gasteiger partial charge in [0.15, 0.2) is 10.9 Å². The fraction of sp³-hybridized carbons (Fsp3) is 0.316. The van der Waals surface area contributed by atoms with Crippen molar-refractivity contribution in [3.8, 4) is 0 Å². The molecule has 1 amide bonds. The molecule has 0 spiro atoms. The largest absolute Gasteiger partial charge is 0.291 e. The number of hydrogen-bond donors (Lipinski definition) is 0. The first kappa shape index (κ1) is 16.6. The summed E-state index contributed by atoms with van der Waals surface area (Å²) in [7, 11) is 1.69. The molecule has 1 aromatic heterocycles. The molecule has 2 aromatic rings. The minimum absolute atomic E-state index is 0.0159. The van der Waals surface area contributed by atoms with E-state index < -0.39 is 0 Å². The summed E-state index contributed by atoms with van der Waals surface area (Å²) in [6.07, 6.45) is 7.87. The molecule has 24 heavy (non-hydrogen) atoms. The zero-order valence-corrected chi connectivity index (χ0v) is 14.7. The summed E-state index contributed by atoms with van der Waals surface area (Å²) in [5, 5.41) is 2.47. The fourth-order valence-corrected chi connectivity index (χ4v) is 3.59. The van der Waals surface area contributed by atoms with E-state index in [1.165, 1.54) is 47.1 Å². The highest BCUT2D eigenvalue weighted by Gasteiger charge is 2.12. The van der Waals surface area contributed by atoms with Crippen molar-refractivity contribution in [2.24, 2.45) is 0 Å². The predicted octanol–water partition coefficient (Wildman–Crippen LogP) is 3.90. The average molecular weight is 340 g/mol. The van der Waals surface area contributed by atoms with Gasteiger partial charge in [-0.15, -0.1) is 11.3 Å². The van der Waals surface area contributed by atoms with Gasteiger partial charge in [0.05, 0.1) is 5.69 Å². The maximum atomic E-state index is 12.4. The highest BCUT2D eigenvalue weighted by atomic mass is 32.1. The van der Waals surface area contributed by atoms with E-state index in [9.17, 15) is 9.59 Å². The van der Waals surface area contributed by atoms with Gasteiger partial charge < -0.3 is 0 Å². The van der Waals surface area contributed by atoms with Crippen LogP contribution in [0.3, 0.4) is 0 Å². The summed E-state index contributed by atoms with van der Waals surface area (Å²) < 4.78 is 0. The fourth-order valence-electron chi connectivity index (χ4n) is 2.79. The molecule has 1 aliphatic rings. The number of ketones is 1. The lowest BCUT2D eigenvalue weighted by Crippen LogP contribution is -2.22. The molecule has 0 aliphatic heterocycles. The standard InChI is InChI=1S/C19H20N2O2S/c1-13(22)21(2)19-20-17(12-24-19)9-10-18(23)16-8-7-14-5-3-4-6-15(14)11-16/h7-12H,3-6H2,1-2H3/b10-9+. The van der Waals surface area contributed by atoms with Crippen LogP contribution in [0.2, 0.25) is 0 Å². The van der Waals surface area contributed by atoms with Gasteiger partial charge in [0.2, 0.25) is 5.91 Å². The maximum absolute atomic E-state index is 12.4. The predicted molar refractivity (Wildman–Crippen MR) is 97.6 cm³/mol. The van der Waals surface area contributed by atoms with Crippen LogP contribution < -0.4 is 4.90 Å². The third kappa shape index (κ3) is 3.62. The summed E-state index contributed by atoms with van der Waals surface area (Å²) >= 11 is 1.38. The Kier molecular flexibility index (Phi) is 4.90. The van der Waals surface area contributed by atoms with E-state index in [0.717, 1.165) is 18.4 Å². The van der Waals surface area contributed by atoms with E-state index in [-0.39, 0.29) is 11.7 Å². The first-order chi connectivity index (χ1) is 11.5. The van der Waals surface area contributed by atoms with Gasteiger partial charge >= 0.3 is 0 Å². The van der Waals surface area contributed by atoms with Crippen molar-refractivity contribution in [1.29, 1.82) is 0 Å². The molecule has 0 radical (unpaired) electrons. The Morgan fingerprint density at radius 2 is 1.96 bits per heavy atom. The highest BCUT2D eigenvalue weighted by molar-refractivity contribution is 7.14. The van der Waals surface area contributed by atoms with Gasteiger partial charge in [-0.3, -0.25) is 14.5 Å². The number of benzene rings is 1. The highest BCUT2D eigenvalue weighted by Crippen LogP contribution is 2.23. The minimum Gasteiger partial charge on any atom is -0.291 e. The van der Waals surface area contributed by atoms with Crippen molar-refractivity contribution >= 4 is 34.2 Å². The lowest BCUT2D eigenvalue weighted by atomic mass is 9.90. The SMILES string of the molecule is CC(=O)N(C)c1nc(/C=C/C(=O)c2ccc3c(c2)CCCC3)cs1. The number of aryl methyl sites for hydroxylation is 2. The van der Waals surface area contributed by atoms with Crippen LogP contribution in [0.1, 0.15) is 46.9 Å². The summed E-state index contributed by atoms with van der Waals surface area (Å²) in [5.41, 5.74) is 4.09. The van der Waals surface area contributed by atoms with Gasteiger partial charge in [-0.05, 0) is 55.0 Å². The molecule has 1 heterocycles. The van der Waals surface area contributed by atoms with Crippen molar-refractivity contribution in [2.75, 3.05) is 11.9 Å². The van der Waals surface area contributed by atoms with Gasteiger partial charge in [-0.2, -0.15) is 0 Å². The van der Waals surface area contributed by atoms with Crippen molar-refractivity contribution in [2.45, 2.75) is 32.6 Å². The Morgan fingerprint density at radius 3 is 2.71 bits per heavy atom. The Hall–Kier alpha value is -2.27. The molecule has 4 nitrogen and oxygen atoms in total. The van der Waals surface area contributed by atoms with Crippen LogP contribution in [0.4, 0.5) is 5.13 Å². The zero-order chi connectivity index (χ0) is 17.1. The van der Waals surface area contributed by atoms with E-state index in [1.54, 1.807) is 19.2 Å². The minimum atomic E-state index is -0.0648. The number of thiazole rings is 1. The van der Waals surface area contributed by atoms with Gasteiger partial charge in [0.25, 0.3) is 0 Å². The number of carbonyl (C=O) groups excluding carboxylic acids is 2. The Labute approximate surface area is 145 Å². The molecule has 3 rings (SSSR count). The number of anilines is 1. The van der Waals surface area contributed by atoms with Gasteiger partial charge in [-0.25, -0.2) is 4.98 Å². The smallest absolute Gasteiger partial charge is 0.225 e. The number of fused-ring (bicyclic) bond motifs is 1. The average Bonchev–Trinajstić information content (AvgIpc) is 3.07. The first-order valence-corrected chi connectivity index (χ1v) is 8.96. The van der Waals surface area contributed by atoms with Gasteiger partial charge in [-0.1, -0.05) is 12.1 Å². The molecule has 0 bridgehead atoms. The number of carbonyl (C=O) groups is 2. The van der Waals surface area contributed by atoms with Crippen molar-refractivity contribution in [1.82, 2.24) is 4.98 Å². The third-order valence-electron chi connectivity index (χ3n) is 4.31.